The normalized spacial score (nSPS) is 21.2. The minimum absolute atomic E-state index is 0.131. The summed E-state index contributed by atoms with van der Waals surface area (Å²) in [7, 11) is 0. The topological polar surface area (TPSA) is 65.9 Å². The quantitative estimate of drug-likeness (QED) is 0.403. The maximum absolute atomic E-state index is 9.60. The van der Waals surface area contributed by atoms with Gasteiger partial charge in [-0.2, -0.15) is 0 Å². The Hall–Kier alpha value is -1.75. The Balaban J connectivity index is 1.76. The van der Waals surface area contributed by atoms with Gasteiger partial charge in [-0.05, 0) is 56.2 Å². The molecule has 5 heteroatoms. The van der Waals surface area contributed by atoms with Gasteiger partial charge in [0.1, 0.15) is 12.4 Å². The number of benzene rings is 1. The van der Waals surface area contributed by atoms with Gasteiger partial charge in [0, 0.05) is 12.6 Å². The number of hydrogen-bond acceptors (Lipinski definition) is 3. The summed E-state index contributed by atoms with van der Waals surface area (Å²) in [5.41, 5.74) is 1.32. The molecule has 0 atom stereocenters. The molecular formula is C20H33N3O2. The van der Waals surface area contributed by atoms with Crippen LogP contribution in [0.3, 0.4) is 0 Å². The lowest BCUT2D eigenvalue weighted by Gasteiger charge is -2.27. The molecule has 1 aromatic rings. The highest BCUT2D eigenvalue weighted by atomic mass is 16.5. The Kier molecular flexibility index (Phi) is 8.06. The van der Waals surface area contributed by atoms with Crippen LogP contribution in [0.5, 0.6) is 5.75 Å². The number of aliphatic imine (C=N–C) groups is 1. The monoisotopic (exact) mass is 347 g/mol. The van der Waals surface area contributed by atoms with Crippen LogP contribution in [-0.4, -0.2) is 42.9 Å². The number of nitrogens with zero attached hydrogens (tertiary/aromatic N) is 1. The van der Waals surface area contributed by atoms with Gasteiger partial charge in [-0.1, -0.05) is 26.0 Å². The Morgan fingerprint density at radius 3 is 2.48 bits per heavy atom. The molecular weight excluding hydrogens is 314 g/mol. The van der Waals surface area contributed by atoms with Crippen molar-refractivity contribution in [3.8, 4) is 5.75 Å². The second kappa shape index (κ2) is 10.3. The molecule has 0 aromatic heterocycles. The summed E-state index contributed by atoms with van der Waals surface area (Å²) in [5, 5.41) is 16.4. The first kappa shape index (κ1) is 19.6. The highest BCUT2D eigenvalue weighted by Crippen LogP contribution is 2.19. The van der Waals surface area contributed by atoms with Crippen LogP contribution >= 0.6 is 0 Å². The fourth-order valence-electron chi connectivity index (χ4n) is 3.00. The van der Waals surface area contributed by atoms with Crippen molar-refractivity contribution in [2.45, 2.75) is 64.5 Å². The van der Waals surface area contributed by atoms with E-state index in [-0.39, 0.29) is 6.10 Å². The summed E-state index contributed by atoms with van der Waals surface area (Å²) in [6, 6.07) is 8.68. The van der Waals surface area contributed by atoms with E-state index in [0.717, 1.165) is 43.9 Å². The van der Waals surface area contributed by atoms with Gasteiger partial charge in [-0.3, -0.25) is 0 Å². The van der Waals surface area contributed by atoms with Gasteiger partial charge < -0.3 is 20.5 Å². The van der Waals surface area contributed by atoms with Gasteiger partial charge in [-0.25, -0.2) is 4.99 Å². The predicted octanol–water partition coefficient (Wildman–Crippen LogP) is 3.05. The number of nitrogens with one attached hydrogen (secondary N) is 2. The zero-order valence-electron chi connectivity index (χ0n) is 15.8. The third kappa shape index (κ3) is 6.94. The van der Waals surface area contributed by atoms with Crippen LogP contribution < -0.4 is 15.4 Å². The van der Waals surface area contributed by atoms with Crippen LogP contribution in [0.4, 0.5) is 0 Å². The summed E-state index contributed by atoms with van der Waals surface area (Å²) in [5.74, 6) is 2.26. The molecule has 140 valence electrons. The fraction of sp³-hybridized carbons (Fsp3) is 0.650. The van der Waals surface area contributed by atoms with Crippen molar-refractivity contribution in [3.63, 3.8) is 0 Å². The molecule has 0 aliphatic heterocycles. The first-order chi connectivity index (χ1) is 12.1. The van der Waals surface area contributed by atoms with E-state index < -0.39 is 0 Å². The third-order valence-corrected chi connectivity index (χ3v) is 4.56. The number of hydrogen-bond donors (Lipinski definition) is 3. The van der Waals surface area contributed by atoms with E-state index in [0.29, 0.717) is 25.1 Å². The third-order valence-electron chi connectivity index (χ3n) is 4.56. The van der Waals surface area contributed by atoms with Crippen LogP contribution in [-0.2, 0) is 0 Å². The maximum atomic E-state index is 9.60. The summed E-state index contributed by atoms with van der Waals surface area (Å²) >= 11 is 0. The molecule has 1 aromatic carbocycles. The van der Waals surface area contributed by atoms with Gasteiger partial charge in [0.25, 0.3) is 0 Å². The first-order valence-electron chi connectivity index (χ1n) is 9.54. The molecule has 1 aliphatic carbocycles. The molecule has 0 heterocycles. The number of aliphatic hydroxyl groups is 1. The molecule has 2 rings (SSSR count). The van der Waals surface area contributed by atoms with E-state index in [4.69, 9.17) is 4.74 Å². The lowest BCUT2D eigenvalue weighted by molar-refractivity contribution is 0.120. The molecule has 0 bridgehead atoms. The van der Waals surface area contributed by atoms with E-state index >= 15 is 0 Å². The summed E-state index contributed by atoms with van der Waals surface area (Å²) in [4.78, 5) is 4.59. The van der Waals surface area contributed by atoms with Gasteiger partial charge in [0.15, 0.2) is 5.96 Å². The Labute approximate surface area is 151 Å². The molecule has 0 saturated heterocycles. The van der Waals surface area contributed by atoms with E-state index in [2.05, 4.69) is 48.5 Å². The highest BCUT2D eigenvalue weighted by molar-refractivity contribution is 5.80. The zero-order valence-corrected chi connectivity index (χ0v) is 15.8. The maximum Gasteiger partial charge on any atom is 0.191 e. The highest BCUT2D eigenvalue weighted by Gasteiger charge is 2.19. The second-order valence-electron chi connectivity index (χ2n) is 6.98. The zero-order chi connectivity index (χ0) is 18.1. The molecule has 3 N–H and O–H groups in total. The lowest BCUT2D eigenvalue weighted by Crippen LogP contribution is -2.45. The molecule has 5 nitrogen and oxygen atoms in total. The number of guanidine groups is 1. The van der Waals surface area contributed by atoms with E-state index in [1.165, 1.54) is 5.56 Å². The van der Waals surface area contributed by atoms with Crippen molar-refractivity contribution < 1.29 is 9.84 Å². The molecule has 0 spiro atoms. The molecule has 0 amide bonds. The molecule has 0 unspecified atom stereocenters. The van der Waals surface area contributed by atoms with Gasteiger partial charge in [0.05, 0.1) is 12.6 Å². The van der Waals surface area contributed by atoms with Crippen molar-refractivity contribution in [2.75, 3.05) is 19.7 Å². The summed E-state index contributed by atoms with van der Waals surface area (Å²) in [6.45, 7) is 8.44. The Bertz CT molecular complexity index is 520. The molecule has 1 saturated carbocycles. The van der Waals surface area contributed by atoms with Crippen molar-refractivity contribution in [1.82, 2.24) is 10.6 Å². The van der Waals surface area contributed by atoms with Crippen LogP contribution in [0.15, 0.2) is 29.3 Å². The van der Waals surface area contributed by atoms with Crippen molar-refractivity contribution in [1.29, 1.82) is 0 Å². The average Bonchev–Trinajstić information content (AvgIpc) is 2.61. The van der Waals surface area contributed by atoms with Gasteiger partial charge in [0.2, 0.25) is 0 Å². The molecule has 0 radical (unpaired) electrons. The van der Waals surface area contributed by atoms with E-state index in [9.17, 15) is 5.11 Å². The number of ether oxygens (including phenoxy) is 1. The van der Waals surface area contributed by atoms with Crippen LogP contribution in [0.1, 0.15) is 57.9 Å². The predicted molar refractivity (Wildman–Crippen MR) is 103 cm³/mol. The van der Waals surface area contributed by atoms with Crippen molar-refractivity contribution in [3.05, 3.63) is 29.8 Å². The van der Waals surface area contributed by atoms with Crippen LogP contribution in [0, 0.1) is 0 Å². The molecule has 25 heavy (non-hydrogen) atoms. The Morgan fingerprint density at radius 2 is 1.88 bits per heavy atom. The SMILES string of the molecule is CCNC(=NCCOc1ccc(C(C)C)cc1)NC1CCC(O)CC1. The standard InChI is InChI=1S/C20H33N3O2/c1-4-21-20(23-17-7-9-18(24)10-8-17)22-13-14-25-19-11-5-16(6-12-19)15(2)3/h5-6,11-12,15,17-18,24H,4,7-10,13-14H2,1-3H3,(H2,21,22,23). The number of rotatable bonds is 7. The van der Waals surface area contributed by atoms with E-state index in [1.54, 1.807) is 0 Å². The van der Waals surface area contributed by atoms with Gasteiger partial charge >= 0.3 is 0 Å². The van der Waals surface area contributed by atoms with E-state index in [1.807, 2.05) is 12.1 Å². The molecule has 1 fully saturated rings. The van der Waals surface area contributed by atoms with Crippen molar-refractivity contribution in [2.24, 2.45) is 4.99 Å². The number of aliphatic hydroxyl groups excluding tert-OH is 1. The fourth-order valence-corrected chi connectivity index (χ4v) is 3.00. The van der Waals surface area contributed by atoms with Crippen molar-refractivity contribution >= 4 is 5.96 Å². The van der Waals surface area contributed by atoms with Crippen LogP contribution in [0.25, 0.3) is 0 Å². The van der Waals surface area contributed by atoms with Gasteiger partial charge in [-0.15, -0.1) is 0 Å². The Morgan fingerprint density at radius 1 is 1.20 bits per heavy atom. The molecule has 1 aliphatic rings. The largest absolute Gasteiger partial charge is 0.492 e. The summed E-state index contributed by atoms with van der Waals surface area (Å²) < 4.78 is 5.78. The second-order valence-corrected chi connectivity index (χ2v) is 6.98. The minimum atomic E-state index is -0.131. The average molecular weight is 348 g/mol. The lowest BCUT2D eigenvalue weighted by atomic mass is 9.93. The smallest absolute Gasteiger partial charge is 0.191 e. The summed E-state index contributed by atoms with van der Waals surface area (Å²) in [6.07, 6.45) is 3.58. The van der Waals surface area contributed by atoms with Crippen LogP contribution in [0.2, 0.25) is 0 Å². The first-order valence-corrected chi connectivity index (χ1v) is 9.54. The minimum Gasteiger partial charge on any atom is -0.492 e.